The molecule has 1 rings (SSSR count). The number of alkyl halides is 1. The molecule has 0 bridgehead atoms. The highest BCUT2D eigenvalue weighted by atomic mass is 79.9. The van der Waals surface area contributed by atoms with Crippen molar-refractivity contribution in [3.8, 4) is 0 Å². The van der Waals surface area contributed by atoms with Gasteiger partial charge in [-0.1, -0.05) is 48.0 Å². The Kier molecular flexibility index (Phi) is 5.21. The van der Waals surface area contributed by atoms with E-state index in [1.807, 2.05) is 0 Å². The largest absolute Gasteiger partial charge is 0.305 e. The molecule has 1 N–H and O–H groups in total. The third-order valence-electron chi connectivity index (χ3n) is 2.25. The van der Waals surface area contributed by atoms with E-state index in [0.29, 0.717) is 4.95 Å². The molecule has 0 saturated carbocycles. The van der Waals surface area contributed by atoms with Crippen LogP contribution < -0.4 is 5.32 Å². The molecule has 66 valence electrons. The summed E-state index contributed by atoms with van der Waals surface area (Å²) in [5, 5.41) is 3.47. The van der Waals surface area contributed by atoms with Gasteiger partial charge in [0.25, 0.3) is 0 Å². The fourth-order valence-electron chi connectivity index (χ4n) is 1.52. The molecular formula is C9H18BrN. The molecule has 2 heteroatoms. The number of halogens is 1. The van der Waals surface area contributed by atoms with Gasteiger partial charge in [0.2, 0.25) is 0 Å². The van der Waals surface area contributed by atoms with Crippen LogP contribution in [0.2, 0.25) is 0 Å². The zero-order chi connectivity index (χ0) is 7.94. The number of nitrogens with one attached hydrogen (secondary N) is 1. The van der Waals surface area contributed by atoms with Gasteiger partial charge in [0, 0.05) is 0 Å². The third-order valence-corrected chi connectivity index (χ3v) is 3.03. The van der Waals surface area contributed by atoms with E-state index in [2.05, 4.69) is 21.2 Å². The molecule has 1 unspecified atom stereocenters. The van der Waals surface area contributed by atoms with E-state index >= 15 is 0 Å². The average Bonchev–Trinajstić information content (AvgIpc) is 2.03. The van der Waals surface area contributed by atoms with E-state index in [4.69, 9.17) is 0 Å². The Hall–Kier alpha value is 0.440. The zero-order valence-corrected chi connectivity index (χ0v) is 8.70. The van der Waals surface area contributed by atoms with Crippen LogP contribution in [0.4, 0.5) is 0 Å². The minimum absolute atomic E-state index is 0.570. The van der Waals surface area contributed by atoms with Crippen molar-refractivity contribution >= 4 is 15.9 Å². The fourth-order valence-corrected chi connectivity index (χ4v) is 2.07. The maximum atomic E-state index is 3.62. The molecule has 1 atom stereocenters. The fraction of sp³-hybridized carbons (Fsp3) is 1.00. The number of hydrogen-bond acceptors (Lipinski definition) is 1. The van der Waals surface area contributed by atoms with Crippen LogP contribution in [0, 0.1) is 0 Å². The van der Waals surface area contributed by atoms with Crippen molar-refractivity contribution in [3.05, 3.63) is 0 Å². The predicted molar refractivity (Wildman–Crippen MR) is 53.0 cm³/mol. The number of rotatable bonds is 0. The van der Waals surface area contributed by atoms with Crippen molar-refractivity contribution in [1.29, 1.82) is 0 Å². The van der Waals surface area contributed by atoms with Crippen LogP contribution in [0.3, 0.4) is 0 Å². The lowest BCUT2D eigenvalue weighted by Crippen LogP contribution is -2.24. The minimum Gasteiger partial charge on any atom is -0.305 e. The molecule has 0 aliphatic carbocycles. The lowest BCUT2D eigenvalue weighted by Gasteiger charge is -2.13. The highest BCUT2D eigenvalue weighted by molar-refractivity contribution is 9.09. The summed E-state index contributed by atoms with van der Waals surface area (Å²) in [6.45, 7) is 1.19. The summed E-state index contributed by atoms with van der Waals surface area (Å²) in [5.41, 5.74) is 0. The smallest absolute Gasteiger partial charge is 0.0630 e. The highest BCUT2D eigenvalue weighted by Gasteiger charge is 2.03. The van der Waals surface area contributed by atoms with Gasteiger partial charge in [-0.15, -0.1) is 0 Å². The van der Waals surface area contributed by atoms with Crippen LogP contribution in [0.5, 0.6) is 0 Å². The summed E-state index contributed by atoms with van der Waals surface area (Å²) in [4.78, 5) is 0.570. The van der Waals surface area contributed by atoms with Crippen molar-refractivity contribution in [2.75, 3.05) is 6.54 Å². The van der Waals surface area contributed by atoms with E-state index in [0.717, 1.165) is 0 Å². The van der Waals surface area contributed by atoms with Gasteiger partial charge in [0.1, 0.15) is 0 Å². The molecule has 1 aliphatic rings. The second-order valence-corrected chi connectivity index (χ2v) is 4.44. The molecule has 1 fully saturated rings. The summed E-state index contributed by atoms with van der Waals surface area (Å²) in [5.74, 6) is 0. The summed E-state index contributed by atoms with van der Waals surface area (Å²) in [6, 6.07) is 0. The molecular weight excluding hydrogens is 202 g/mol. The van der Waals surface area contributed by atoms with E-state index < -0.39 is 0 Å². The van der Waals surface area contributed by atoms with Crippen molar-refractivity contribution < 1.29 is 0 Å². The molecule has 1 saturated heterocycles. The summed E-state index contributed by atoms with van der Waals surface area (Å²) in [7, 11) is 0. The first-order valence-electron chi connectivity index (χ1n) is 4.77. The SMILES string of the molecule is BrC1CCCCCCCCN1. The second-order valence-electron chi connectivity index (χ2n) is 3.33. The minimum atomic E-state index is 0.570. The highest BCUT2D eigenvalue weighted by Crippen LogP contribution is 2.13. The first-order valence-corrected chi connectivity index (χ1v) is 5.68. The molecule has 0 aromatic rings. The zero-order valence-electron chi connectivity index (χ0n) is 7.11. The standard InChI is InChI=1S/C9H18BrN/c10-9-7-5-3-1-2-4-6-8-11-9/h9,11H,1-8H2. The maximum Gasteiger partial charge on any atom is 0.0630 e. The normalized spacial score (nSPS) is 29.7. The Balaban J connectivity index is 2.12. The Morgan fingerprint density at radius 2 is 1.55 bits per heavy atom. The lowest BCUT2D eigenvalue weighted by molar-refractivity contribution is 0.500. The monoisotopic (exact) mass is 219 g/mol. The summed E-state index contributed by atoms with van der Waals surface area (Å²) < 4.78 is 0. The van der Waals surface area contributed by atoms with Crippen LogP contribution in [0.25, 0.3) is 0 Å². The Bertz CT molecular complexity index is 85.6. The van der Waals surface area contributed by atoms with Crippen molar-refractivity contribution in [2.45, 2.75) is 49.9 Å². The van der Waals surface area contributed by atoms with Gasteiger partial charge in [-0.3, -0.25) is 0 Å². The van der Waals surface area contributed by atoms with Gasteiger partial charge in [-0.25, -0.2) is 0 Å². The third kappa shape index (κ3) is 4.81. The second kappa shape index (κ2) is 6.01. The first-order chi connectivity index (χ1) is 5.39. The molecule has 1 heterocycles. The van der Waals surface area contributed by atoms with Gasteiger partial charge in [-0.2, -0.15) is 0 Å². The Labute approximate surface area is 78.1 Å². The number of hydrogen-bond donors (Lipinski definition) is 1. The molecule has 0 spiro atoms. The van der Waals surface area contributed by atoms with Crippen molar-refractivity contribution in [3.63, 3.8) is 0 Å². The van der Waals surface area contributed by atoms with Crippen molar-refractivity contribution in [1.82, 2.24) is 5.32 Å². The molecule has 1 aliphatic heterocycles. The topological polar surface area (TPSA) is 12.0 Å². The van der Waals surface area contributed by atoms with E-state index in [-0.39, 0.29) is 0 Å². The van der Waals surface area contributed by atoms with Crippen LogP contribution >= 0.6 is 15.9 Å². The predicted octanol–water partition coefficient (Wildman–Crippen LogP) is 3.04. The van der Waals surface area contributed by atoms with E-state index in [1.165, 1.54) is 51.5 Å². The van der Waals surface area contributed by atoms with Crippen molar-refractivity contribution in [2.24, 2.45) is 0 Å². The Morgan fingerprint density at radius 3 is 2.36 bits per heavy atom. The van der Waals surface area contributed by atoms with Gasteiger partial charge < -0.3 is 5.32 Å². The molecule has 11 heavy (non-hydrogen) atoms. The van der Waals surface area contributed by atoms with Gasteiger partial charge >= 0.3 is 0 Å². The molecule has 0 aromatic heterocycles. The molecule has 1 nitrogen and oxygen atoms in total. The van der Waals surface area contributed by atoms with E-state index in [1.54, 1.807) is 0 Å². The molecule has 0 radical (unpaired) electrons. The first kappa shape index (κ1) is 9.53. The van der Waals surface area contributed by atoms with E-state index in [9.17, 15) is 0 Å². The lowest BCUT2D eigenvalue weighted by atomic mass is 10.1. The van der Waals surface area contributed by atoms with Crippen LogP contribution in [0.1, 0.15) is 44.9 Å². The van der Waals surface area contributed by atoms with Gasteiger partial charge in [-0.05, 0) is 19.4 Å². The Morgan fingerprint density at radius 1 is 0.909 bits per heavy atom. The van der Waals surface area contributed by atoms with Crippen LogP contribution in [-0.4, -0.2) is 11.5 Å². The van der Waals surface area contributed by atoms with Crippen LogP contribution in [0.15, 0.2) is 0 Å². The summed E-state index contributed by atoms with van der Waals surface area (Å²) >= 11 is 3.62. The average molecular weight is 220 g/mol. The molecule has 0 amide bonds. The quantitative estimate of drug-likeness (QED) is 0.488. The summed E-state index contributed by atoms with van der Waals surface area (Å²) in [6.07, 6.45) is 9.73. The van der Waals surface area contributed by atoms with Gasteiger partial charge in [0.15, 0.2) is 0 Å². The van der Waals surface area contributed by atoms with Crippen LogP contribution in [-0.2, 0) is 0 Å². The molecule has 0 aromatic carbocycles. The maximum absolute atomic E-state index is 3.62. The van der Waals surface area contributed by atoms with Gasteiger partial charge in [0.05, 0.1) is 4.95 Å².